The Kier molecular flexibility index (Phi) is 6.84. The predicted molar refractivity (Wildman–Crippen MR) is 129 cm³/mol. The van der Waals surface area contributed by atoms with E-state index in [2.05, 4.69) is 53.4 Å². The van der Waals surface area contributed by atoms with Gasteiger partial charge in [-0.3, -0.25) is 9.69 Å². The molecule has 4 rings (SSSR count). The Morgan fingerprint density at radius 2 is 1.88 bits per heavy atom. The Bertz CT molecular complexity index is 1070. The van der Waals surface area contributed by atoms with Crippen molar-refractivity contribution in [3.63, 3.8) is 0 Å². The van der Waals surface area contributed by atoms with E-state index in [4.69, 9.17) is 9.26 Å². The molecular formula is C27H33N3O3. The average Bonchev–Trinajstić information content (AvgIpc) is 3.28. The standard InChI is InChI=1S/C27H33N3O3/c1-20-6-10-22(11-7-20)25-16-24(33-28-25)17-27(26(31)29(2)3)14-5-15-30(19-27)18-21-8-12-23(32-4)13-9-21/h6-13,16H,5,14-15,17-19H2,1-4H3. The van der Waals surface area contributed by atoms with Gasteiger partial charge in [-0.05, 0) is 44.0 Å². The summed E-state index contributed by atoms with van der Waals surface area (Å²) in [5.41, 5.74) is 3.72. The van der Waals surface area contributed by atoms with Crippen LogP contribution in [0.15, 0.2) is 59.1 Å². The van der Waals surface area contributed by atoms with Crippen molar-refractivity contribution in [2.45, 2.75) is 32.7 Å². The van der Waals surface area contributed by atoms with E-state index in [1.54, 1.807) is 12.0 Å². The van der Waals surface area contributed by atoms with E-state index in [1.807, 2.05) is 32.3 Å². The lowest BCUT2D eigenvalue weighted by Crippen LogP contribution is -2.52. The second kappa shape index (κ2) is 9.79. The van der Waals surface area contributed by atoms with Crippen LogP contribution in [0.5, 0.6) is 5.75 Å². The molecule has 1 unspecified atom stereocenters. The van der Waals surface area contributed by atoms with Crippen molar-refractivity contribution >= 4 is 5.91 Å². The number of methoxy groups -OCH3 is 1. The predicted octanol–water partition coefficient (Wildman–Crippen LogP) is 4.57. The normalized spacial score (nSPS) is 18.8. The van der Waals surface area contributed by atoms with Crippen LogP contribution in [0.2, 0.25) is 0 Å². The average molecular weight is 448 g/mol. The number of amides is 1. The number of hydrogen-bond donors (Lipinski definition) is 0. The number of likely N-dealkylation sites (tertiary alicyclic amines) is 1. The van der Waals surface area contributed by atoms with Gasteiger partial charge in [0.15, 0.2) is 0 Å². The number of aromatic nitrogens is 1. The van der Waals surface area contributed by atoms with Crippen molar-refractivity contribution in [1.82, 2.24) is 15.0 Å². The van der Waals surface area contributed by atoms with Crippen molar-refractivity contribution in [3.8, 4) is 17.0 Å². The zero-order chi connectivity index (χ0) is 23.4. The molecule has 1 atom stereocenters. The maximum absolute atomic E-state index is 13.4. The smallest absolute Gasteiger partial charge is 0.230 e. The summed E-state index contributed by atoms with van der Waals surface area (Å²) in [5.74, 6) is 1.76. The van der Waals surface area contributed by atoms with Crippen molar-refractivity contribution in [2.24, 2.45) is 5.41 Å². The first-order valence-corrected chi connectivity index (χ1v) is 11.5. The van der Waals surface area contributed by atoms with Gasteiger partial charge in [-0.25, -0.2) is 0 Å². The van der Waals surface area contributed by atoms with E-state index < -0.39 is 5.41 Å². The first-order valence-electron chi connectivity index (χ1n) is 11.5. The molecule has 1 saturated heterocycles. The van der Waals surface area contributed by atoms with Crippen LogP contribution in [-0.2, 0) is 17.8 Å². The van der Waals surface area contributed by atoms with Gasteiger partial charge in [0.1, 0.15) is 17.2 Å². The highest BCUT2D eigenvalue weighted by Gasteiger charge is 2.44. The van der Waals surface area contributed by atoms with E-state index in [-0.39, 0.29) is 5.91 Å². The number of nitrogens with zero attached hydrogens (tertiary/aromatic N) is 3. The lowest BCUT2D eigenvalue weighted by atomic mass is 9.75. The molecule has 0 saturated carbocycles. The summed E-state index contributed by atoms with van der Waals surface area (Å²) < 4.78 is 11.0. The molecule has 0 aliphatic carbocycles. The Morgan fingerprint density at radius 1 is 1.15 bits per heavy atom. The number of hydrogen-bond acceptors (Lipinski definition) is 5. The number of aryl methyl sites for hydroxylation is 1. The molecule has 3 aromatic rings. The molecule has 6 nitrogen and oxygen atoms in total. The minimum absolute atomic E-state index is 0.148. The molecule has 1 amide bonds. The number of carbonyl (C=O) groups excluding carboxylic acids is 1. The van der Waals surface area contributed by atoms with Gasteiger partial charge in [-0.15, -0.1) is 0 Å². The lowest BCUT2D eigenvalue weighted by Gasteiger charge is -2.42. The van der Waals surface area contributed by atoms with Gasteiger partial charge in [-0.1, -0.05) is 47.1 Å². The highest BCUT2D eigenvalue weighted by Crippen LogP contribution is 2.37. The van der Waals surface area contributed by atoms with Gasteiger partial charge in [0.2, 0.25) is 5.91 Å². The van der Waals surface area contributed by atoms with Crippen LogP contribution in [0, 0.1) is 12.3 Å². The molecule has 0 bridgehead atoms. The maximum Gasteiger partial charge on any atom is 0.230 e. The molecule has 1 fully saturated rings. The summed E-state index contributed by atoms with van der Waals surface area (Å²) in [6.07, 6.45) is 2.35. The number of carbonyl (C=O) groups is 1. The highest BCUT2D eigenvalue weighted by atomic mass is 16.5. The quantitative estimate of drug-likeness (QED) is 0.531. The molecule has 1 aromatic heterocycles. The third kappa shape index (κ3) is 5.28. The fraction of sp³-hybridized carbons (Fsp3) is 0.407. The van der Waals surface area contributed by atoms with Crippen LogP contribution < -0.4 is 4.74 Å². The highest BCUT2D eigenvalue weighted by molar-refractivity contribution is 5.83. The summed E-state index contributed by atoms with van der Waals surface area (Å²) in [6, 6.07) is 18.4. The van der Waals surface area contributed by atoms with Gasteiger partial charge in [0.05, 0.1) is 12.5 Å². The first-order chi connectivity index (χ1) is 15.9. The third-order valence-electron chi connectivity index (χ3n) is 6.50. The summed E-state index contributed by atoms with van der Waals surface area (Å²) >= 11 is 0. The SMILES string of the molecule is COc1ccc(CN2CCCC(Cc3cc(-c4ccc(C)cc4)no3)(C(=O)N(C)C)C2)cc1. The van der Waals surface area contributed by atoms with Crippen LogP contribution in [-0.4, -0.2) is 55.2 Å². The molecule has 2 aromatic carbocycles. The topological polar surface area (TPSA) is 58.8 Å². The zero-order valence-corrected chi connectivity index (χ0v) is 20.0. The fourth-order valence-corrected chi connectivity index (χ4v) is 4.81. The summed E-state index contributed by atoms with van der Waals surface area (Å²) in [5, 5.41) is 4.29. The summed E-state index contributed by atoms with van der Waals surface area (Å²) in [4.78, 5) is 17.5. The molecule has 0 N–H and O–H groups in total. The number of ether oxygens (including phenoxy) is 1. The monoisotopic (exact) mass is 447 g/mol. The number of piperidine rings is 1. The first kappa shape index (κ1) is 23.1. The van der Waals surface area contributed by atoms with Crippen LogP contribution in [0.25, 0.3) is 11.3 Å². The Morgan fingerprint density at radius 3 is 2.55 bits per heavy atom. The summed E-state index contributed by atoms with van der Waals surface area (Å²) in [6.45, 7) is 4.53. The zero-order valence-electron chi connectivity index (χ0n) is 20.0. The van der Waals surface area contributed by atoms with Crippen molar-refractivity contribution < 1.29 is 14.1 Å². The molecule has 174 valence electrons. The molecule has 0 radical (unpaired) electrons. The van der Waals surface area contributed by atoms with Crippen LogP contribution in [0.3, 0.4) is 0 Å². The van der Waals surface area contributed by atoms with Gasteiger partial charge in [0, 0.05) is 45.2 Å². The molecule has 1 aliphatic rings. The van der Waals surface area contributed by atoms with Crippen LogP contribution in [0.1, 0.15) is 29.7 Å². The minimum Gasteiger partial charge on any atom is -0.497 e. The number of benzene rings is 2. The van der Waals surface area contributed by atoms with Gasteiger partial charge < -0.3 is 14.2 Å². The molecule has 6 heteroatoms. The van der Waals surface area contributed by atoms with Gasteiger partial charge >= 0.3 is 0 Å². The van der Waals surface area contributed by atoms with Crippen LogP contribution >= 0.6 is 0 Å². The van der Waals surface area contributed by atoms with Gasteiger partial charge in [-0.2, -0.15) is 0 Å². The molecule has 2 heterocycles. The second-order valence-electron chi connectivity index (χ2n) is 9.36. The van der Waals surface area contributed by atoms with Crippen LogP contribution in [0.4, 0.5) is 0 Å². The van der Waals surface area contributed by atoms with E-state index in [0.29, 0.717) is 13.0 Å². The van der Waals surface area contributed by atoms with Crippen molar-refractivity contribution in [3.05, 3.63) is 71.5 Å². The van der Waals surface area contributed by atoms with E-state index in [9.17, 15) is 4.79 Å². The van der Waals surface area contributed by atoms with Crippen molar-refractivity contribution in [1.29, 1.82) is 0 Å². The largest absolute Gasteiger partial charge is 0.497 e. The van der Waals surface area contributed by atoms with Gasteiger partial charge in [0.25, 0.3) is 0 Å². The Labute approximate surface area is 196 Å². The maximum atomic E-state index is 13.4. The molecule has 0 spiro atoms. The minimum atomic E-state index is -0.529. The third-order valence-corrected chi connectivity index (χ3v) is 6.50. The molecule has 33 heavy (non-hydrogen) atoms. The van der Waals surface area contributed by atoms with E-state index in [1.165, 1.54) is 11.1 Å². The molecule has 1 aliphatic heterocycles. The van der Waals surface area contributed by atoms with Crippen molar-refractivity contribution in [2.75, 3.05) is 34.3 Å². The Balaban J connectivity index is 1.54. The number of rotatable bonds is 7. The summed E-state index contributed by atoms with van der Waals surface area (Å²) in [7, 11) is 5.35. The fourth-order valence-electron chi connectivity index (χ4n) is 4.81. The molecular weight excluding hydrogens is 414 g/mol. The lowest BCUT2D eigenvalue weighted by molar-refractivity contribution is -0.143. The second-order valence-corrected chi connectivity index (χ2v) is 9.36. The Hall–Kier alpha value is -3.12. The van der Waals surface area contributed by atoms with E-state index >= 15 is 0 Å². The van der Waals surface area contributed by atoms with E-state index in [0.717, 1.165) is 48.7 Å².